The predicted octanol–water partition coefficient (Wildman–Crippen LogP) is 2.74. The zero-order valence-corrected chi connectivity index (χ0v) is 11.6. The highest BCUT2D eigenvalue weighted by Gasteiger charge is 2.17. The Labute approximate surface area is 116 Å². The van der Waals surface area contributed by atoms with Crippen molar-refractivity contribution in [2.75, 3.05) is 20.8 Å². The average molecular weight is 276 g/mol. The van der Waals surface area contributed by atoms with E-state index in [1.54, 1.807) is 25.1 Å². The Kier molecular flexibility index (Phi) is 3.98. The van der Waals surface area contributed by atoms with Gasteiger partial charge >= 0.3 is 5.97 Å². The van der Waals surface area contributed by atoms with E-state index in [4.69, 9.17) is 14.2 Å². The van der Waals surface area contributed by atoms with Crippen LogP contribution in [0.25, 0.3) is 10.8 Å². The molecular weight excluding hydrogens is 260 g/mol. The molecule has 0 saturated carbocycles. The number of hydrogen-bond donors (Lipinski definition) is 1. The monoisotopic (exact) mass is 276 g/mol. The molecule has 106 valence electrons. The average Bonchev–Trinajstić information content (AvgIpc) is 2.46. The smallest absolute Gasteiger partial charge is 0.341 e. The maximum atomic E-state index is 11.8. The molecule has 0 fully saturated rings. The molecule has 0 aliphatic rings. The predicted molar refractivity (Wildman–Crippen MR) is 74.7 cm³/mol. The number of fused-ring (bicyclic) bond motifs is 1. The molecule has 0 atom stereocenters. The van der Waals surface area contributed by atoms with Crippen molar-refractivity contribution in [2.45, 2.75) is 6.92 Å². The Hall–Kier alpha value is -2.43. The van der Waals surface area contributed by atoms with Crippen molar-refractivity contribution in [3.63, 3.8) is 0 Å². The minimum atomic E-state index is -0.561. The van der Waals surface area contributed by atoms with Crippen molar-refractivity contribution < 1.29 is 24.1 Å². The molecule has 0 aliphatic carbocycles. The number of aromatic hydroxyl groups is 1. The fourth-order valence-corrected chi connectivity index (χ4v) is 2.02. The van der Waals surface area contributed by atoms with Gasteiger partial charge in [-0.3, -0.25) is 0 Å². The molecule has 0 unspecified atom stereocenters. The van der Waals surface area contributed by atoms with E-state index in [2.05, 4.69) is 0 Å². The van der Waals surface area contributed by atoms with Crippen LogP contribution in [-0.4, -0.2) is 31.9 Å². The number of ether oxygens (including phenoxy) is 3. The van der Waals surface area contributed by atoms with E-state index in [0.29, 0.717) is 22.3 Å². The summed E-state index contributed by atoms with van der Waals surface area (Å²) in [6, 6.07) is 6.59. The third-order valence-corrected chi connectivity index (χ3v) is 2.99. The van der Waals surface area contributed by atoms with Gasteiger partial charge in [-0.25, -0.2) is 4.79 Å². The SMILES string of the molecule is CCOC(=O)c1ccc2c(OC)cc(OC)cc2c1O. The lowest BCUT2D eigenvalue weighted by Gasteiger charge is -2.12. The number of phenols is 1. The van der Waals surface area contributed by atoms with E-state index < -0.39 is 5.97 Å². The fourth-order valence-electron chi connectivity index (χ4n) is 2.02. The van der Waals surface area contributed by atoms with Crippen molar-refractivity contribution in [3.05, 3.63) is 29.8 Å². The maximum Gasteiger partial charge on any atom is 0.341 e. The van der Waals surface area contributed by atoms with Gasteiger partial charge in [0.2, 0.25) is 0 Å². The van der Waals surface area contributed by atoms with Crippen LogP contribution in [0.5, 0.6) is 17.2 Å². The summed E-state index contributed by atoms with van der Waals surface area (Å²) in [4.78, 5) is 11.8. The number of esters is 1. The second-order valence-electron chi connectivity index (χ2n) is 4.11. The van der Waals surface area contributed by atoms with E-state index in [9.17, 15) is 9.90 Å². The van der Waals surface area contributed by atoms with Gasteiger partial charge in [0.15, 0.2) is 0 Å². The molecular formula is C15H16O5. The van der Waals surface area contributed by atoms with Crippen LogP contribution >= 0.6 is 0 Å². The molecule has 20 heavy (non-hydrogen) atoms. The third-order valence-electron chi connectivity index (χ3n) is 2.99. The van der Waals surface area contributed by atoms with E-state index in [-0.39, 0.29) is 17.9 Å². The minimum Gasteiger partial charge on any atom is -0.506 e. The maximum absolute atomic E-state index is 11.8. The molecule has 0 saturated heterocycles. The summed E-state index contributed by atoms with van der Waals surface area (Å²) in [5.74, 6) is 0.391. The van der Waals surface area contributed by atoms with Gasteiger partial charge in [-0.2, -0.15) is 0 Å². The molecule has 2 rings (SSSR count). The zero-order valence-electron chi connectivity index (χ0n) is 11.6. The van der Waals surface area contributed by atoms with Crippen molar-refractivity contribution in [2.24, 2.45) is 0 Å². The van der Waals surface area contributed by atoms with Crippen molar-refractivity contribution in [1.29, 1.82) is 0 Å². The molecule has 0 amide bonds. The molecule has 5 nitrogen and oxygen atoms in total. The van der Waals surface area contributed by atoms with Crippen LogP contribution in [0.1, 0.15) is 17.3 Å². The number of phenolic OH excluding ortho intramolecular Hbond substituents is 1. The molecule has 0 aliphatic heterocycles. The number of carbonyl (C=O) groups is 1. The van der Waals surface area contributed by atoms with Crippen molar-refractivity contribution in [1.82, 2.24) is 0 Å². The fraction of sp³-hybridized carbons (Fsp3) is 0.267. The zero-order chi connectivity index (χ0) is 14.7. The second-order valence-corrected chi connectivity index (χ2v) is 4.11. The van der Waals surface area contributed by atoms with Crippen LogP contribution in [0, 0.1) is 0 Å². The first kappa shape index (κ1) is 14.0. The molecule has 2 aromatic rings. The summed E-state index contributed by atoms with van der Waals surface area (Å²) >= 11 is 0. The summed E-state index contributed by atoms with van der Waals surface area (Å²) in [6.07, 6.45) is 0. The van der Waals surface area contributed by atoms with Crippen LogP contribution in [0.4, 0.5) is 0 Å². The van der Waals surface area contributed by atoms with Gasteiger partial charge in [0.25, 0.3) is 0 Å². The molecule has 0 radical (unpaired) electrons. The van der Waals surface area contributed by atoms with E-state index in [0.717, 1.165) is 0 Å². The Morgan fingerprint density at radius 3 is 2.50 bits per heavy atom. The first-order valence-corrected chi connectivity index (χ1v) is 6.17. The van der Waals surface area contributed by atoms with E-state index in [1.165, 1.54) is 20.3 Å². The molecule has 5 heteroatoms. The summed E-state index contributed by atoms with van der Waals surface area (Å²) in [7, 11) is 3.05. The molecule has 1 N–H and O–H groups in total. The molecule has 0 spiro atoms. The summed E-state index contributed by atoms with van der Waals surface area (Å²) in [5.41, 5.74) is 0.120. The van der Waals surface area contributed by atoms with Crippen molar-refractivity contribution in [3.8, 4) is 17.2 Å². The van der Waals surface area contributed by atoms with Gasteiger partial charge in [-0.05, 0) is 25.1 Å². The largest absolute Gasteiger partial charge is 0.506 e. The van der Waals surface area contributed by atoms with Gasteiger partial charge in [-0.15, -0.1) is 0 Å². The highest BCUT2D eigenvalue weighted by Crippen LogP contribution is 2.37. The first-order chi connectivity index (χ1) is 9.62. The highest BCUT2D eigenvalue weighted by molar-refractivity contribution is 6.03. The van der Waals surface area contributed by atoms with Gasteiger partial charge in [0.1, 0.15) is 22.8 Å². The summed E-state index contributed by atoms with van der Waals surface area (Å²) in [5, 5.41) is 11.4. The third kappa shape index (κ3) is 2.34. The van der Waals surface area contributed by atoms with Crippen LogP contribution in [0.15, 0.2) is 24.3 Å². The molecule has 2 aromatic carbocycles. The highest BCUT2D eigenvalue weighted by atomic mass is 16.5. The molecule has 0 bridgehead atoms. The van der Waals surface area contributed by atoms with Crippen LogP contribution in [0.2, 0.25) is 0 Å². The second kappa shape index (κ2) is 5.69. The Morgan fingerprint density at radius 2 is 1.90 bits per heavy atom. The summed E-state index contributed by atoms with van der Waals surface area (Å²) in [6.45, 7) is 1.96. The molecule has 0 heterocycles. The standard InChI is InChI=1S/C15H16O5/c1-4-20-15(17)11-6-5-10-12(14(11)16)7-9(18-2)8-13(10)19-3/h5-8,16H,4H2,1-3H3. The van der Waals surface area contributed by atoms with Gasteiger partial charge in [0.05, 0.1) is 20.8 Å². The Bertz CT molecular complexity index is 648. The van der Waals surface area contributed by atoms with Gasteiger partial charge in [-0.1, -0.05) is 0 Å². The minimum absolute atomic E-state index is 0.120. The topological polar surface area (TPSA) is 65.0 Å². The normalized spacial score (nSPS) is 10.3. The van der Waals surface area contributed by atoms with Crippen LogP contribution in [-0.2, 0) is 4.74 Å². The first-order valence-electron chi connectivity index (χ1n) is 6.17. The Morgan fingerprint density at radius 1 is 1.15 bits per heavy atom. The van der Waals surface area contributed by atoms with Gasteiger partial charge < -0.3 is 19.3 Å². The lowest BCUT2D eigenvalue weighted by molar-refractivity contribution is 0.0523. The van der Waals surface area contributed by atoms with E-state index >= 15 is 0 Å². The number of hydrogen-bond acceptors (Lipinski definition) is 5. The van der Waals surface area contributed by atoms with E-state index in [1.807, 2.05) is 0 Å². The molecule has 0 aromatic heterocycles. The van der Waals surface area contributed by atoms with Crippen LogP contribution < -0.4 is 9.47 Å². The number of benzene rings is 2. The number of methoxy groups -OCH3 is 2. The van der Waals surface area contributed by atoms with Crippen molar-refractivity contribution >= 4 is 16.7 Å². The van der Waals surface area contributed by atoms with Gasteiger partial charge in [0, 0.05) is 16.8 Å². The number of rotatable bonds is 4. The quantitative estimate of drug-likeness (QED) is 0.870. The van der Waals surface area contributed by atoms with Crippen LogP contribution in [0.3, 0.4) is 0 Å². The Balaban J connectivity index is 2.68. The number of carbonyl (C=O) groups excluding carboxylic acids is 1. The lowest BCUT2D eigenvalue weighted by Crippen LogP contribution is -2.05. The lowest BCUT2D eigenvalue weighted by atomic mass is 10.0. The summed E-state index contributed by atoms with van der Waals surface area (Å²) < 4.78 is 15.3.